The maximum atomic E-state index is 12.1. The molecule has 3 N–H and O–H groups in total. The number of rotatable bonds is 3. The van der Waals surface area contributed by atoms with E-state index >= 15 is 0 Å². The van der Waals surface area contributed by atoms with E-state index in [0.29, 0.717) is 5.56 Å². The maximum absolute atomic E-state index is 12.1. The van der Waals surface area contributed by atoms with Gasteiger partial charge in [-0.15, -0.1) is 11.3 Å². The molecule has 0 amide bonds. The summed E-state index contributed by atoms with van der Waals surface area (Å²) in [7, 11) is -3.63. The highest BCUT2D eigenvalue weighted by molar-refractivity contribution is 7.94. The summed E-state index contributed by atoms with van der Waals surface area (Å²) < 4.78 is 26.8. The van der Waals surface area contributed by atoms with Gasteiger partial charge in [0.25, 0.3) is 10.0 Å². The zero-order valence-electron chi connectivity index (χ0n) is 10.0. The van der Waals surface area contributed by atoms with Gasteiger partial charge in [-0.1, -0.05) is 0 Å². The minimum Gasteiger partial charge on any atom is -0.397 e. The molecule has 1 heterocycles. The van der Waals surface area contributed by atoms with Crippen molar-refractivity contribution in [2.24, 2.45) is 0 Å². The number of anilines is 2. The van der Waals surface area contributed by atoms with Crippen molar-refractivity contribution >= 4 is 32.7 Å². The van der Waals surface area contributed by atoms with Gasteiger partial charge in [0.1, 0.15) is 4.21 Å². The van der Waals surface area contributed by atoms with Crippen LogP contribution in [-0.2, 0) is 10.0 Å². The zero-order chi connectivity index (χ0) is 14.0. The van der Waals surface area contributed by atoms with E-state index in [1.165, 1.54) is 29.5 Å². The van der Waals surface area contributed by atoms with Crippen LogP contribution in [0.25, 0.3) is 0 Å². The molecule has 0 saturated heterocycles. The van der Waals surface area contributed by atoms with Gasteiger partial charge in [-0.05, 0) is 37.3 Å². The summed E-state index contributed by atoms with van der Waals surface area (Å²) in [5, 5.41) is 8.72. The molecule has 0 atom stereocenters. The fourth-order valence-electron chi connectivity index (χ4n) is 1.48. The molecule has 7 heteroatoms. The summed E-state index contributed by atoms with van der Waals surface area (Å²) in [5.74, 6) is 0. The number of nitrogen functional groups attached to an aromatic ring is 1. The molecule has 2 rings (SSSR count). The highest BCUT2D eigenvalue weighted by atomic mass is 32.2. The summed E-state index contributed by atoms with van der Waals surface area (Å²) in [6, 6.07) is 9.63. The first kappa shape index (κ1) is 13.4. The van der Waals surface area contributed by atoms with Gasteiger partial charge >= 0.3 is 0 Å². The van der Waals surface area contributed by atoms with E-state index < -0.39 is 10.0 Å². The summed E-state index contributed by atoms with van der Waals surface area (Å²) in [5.41, 5.74) is 6.58. The number of nitrogens with zero attached hydrogens (tertiary/aromatic N) is 1. The van der Waals surface area contributed by atoms with Crippen molar-refractivity contribution in [1.82, 2.24) is 0 Å². The largest absolute Gasteiger partial charge is 0.397 e. The molecule has 1 aromatic heterocycles. The highest BCUT2D eigenvalue weighted by Gasteiger charge is 2.17. The van der Waals surface area contributed by atoms with Crippen LogP contribution < -0.4 is 10.5 Å². The van der Waals surface area contributed by atoms with Gasteiger partial charge in [-0.3, -0.25) is 4.72 Å². The minimum atomic E-state index is -3.63. The number of sulfonamides is 1. The van der Waals surface area contributed by atoms with Gasteiger partial charge < -0.3 is 5.73 Å². The van der Waals surface area contributed by atoms with Crippen molar-refractivity contribution in [3.8, 4) is 6.07 Å². The number of thiophene rings is 1. The Bertz CT molecular complexity index is 758. The molecule has 0 unspecified atom stereocenters. The van der Waals surface area contributed by atoms with Gasteiger partial charge in [0.15, 0.2) is 0 Å². The Morgan fingerprint density at radius 2 is 2.05 bits per heavy atom. The van der Waals surface area contributed by atoms with Crippen LogP contribution in [0.3, 0.4) is 0 Å². The standard InChI is InChI=1S/C12H11N3O2S2/c1-8-2-5-12(18-8)19(16,17)15-11-4-3-9(7-13)6-10(11)14/h2-6,15H,14H2,1H3. The van der Waals surface area contributed by atoms with E-state index in [2.05, 4.69) is 4.72 Å². The van der Waals surface area contributed by atoms with Crippen molar-refractivity contribution in [2.45, 2.75) is 11.1 Å². The summed E-state index contributed by atoms with van der Waals surface area (Å²) in [6.45, 7) is 1.83. The second-order valence-corrected chi connectivity index (χ2v) is 7.08. The molecule has 1 aromatic carbocycles. The molecule has 19 heavy (non-hydrogen) atoms. The first-order valence-electron chi connectivity index (χ1n) is 5.31. The molecule has 0 aliphatic rings. The number of hydrogen-bond acceptors (Lipinski definition) is 5. The van der Waals surface area contributed by atoms with E-state index in [1.54, 1.807) is 12.1 Å². The Kier molecular flexibility index (Phi) is 3.46. The molecule has 0 aliphatic carbocycles. The van der Waals surface area contributed by atoms with Crippen molar-refractivity contribution in [1.29, 1.82) is 5.26 Å². The molecule has 0 bridgehead atoms. The third kappa shape index (κ3) is 2.86. The van der Waals surface area contributed by atoms with Crippen molar-refractivity contribution < 1.29 is 8.42 Å². The molecule has 0 spiro atoms. The third-order valence-corrected chi connectivity index (χ3v) is 5.26. The average molecular weight is 293 g/mol. The zero-order valence-corrected chi connectivity index (χ0v) is 11.7. The quantitative estimate of drug-likeness (QED) is 0.849. The number of nitriles is 1. The minimum absolute atomic E-state index is 0.218. The summed E-state index contributed by atoms with van der Waals surface area (Å²) in [6.07, 6.45) is 0. The predicted octanol–water partition coefficient (Wildman–Crippen LogP) is 2.31. The van der Waals surface area contributed by atoms with Crippen LogP contribution in [0.4, 0.5) is 11.4 Å². The summed E-state index contributed by atoms with van der Waals surface area (Å²) in [4.78, 5) is 0.910. The molecule has 0 aliphatic heterocycles. The number of nitrogens with two attached hydrogens (primary N) is 1. The normalized spacial score (nSPS) is 10.9. The van der Waals surface area contributed by atoms with Crippen LogP contribution in [-0.4, -0.2) is 8.42 Å². The van der Waals surface area contributed by atoms with Gasteiger partial charge in [0.2, 0.25) is 0 Å². The fraction of sp³-hybridized carbons (Fsp3) is 0.0833. The van der Waals surface area contributed by atoms with Crippen LogP contribution in [0.2, 0.25) is 0 Å². The van der Waals surface area contributed by atoms with Gasteiger partial charge in [-0.2, -0.15) is 5.26 Å². The highest BCUT2D eigenvalue weighted by Crippen LogP contribution is 2.26. The Morgan fingerprint density at radius 1 is 1.32 bits per heavy atom. The smallest absolute Gasteiger partial charge is 0.271 e. The van der Waals surface area contributed by atoms with Crippen LogP contribution >= 0.6 is 11.3 Å². The lowest BCUT2D eigenvalue weighted by molar-refractivity contribution is 0.603. The lowest BCUT2D eigenvalue weighted by Crippen LogP contribution is -2.12. The second kappa shape index (κ2) is 4.91. The lowest BCUT2D eigenvalue weighted by atomic mass is 10.2. The van der Waals surface area contributed by atoms with Crippen molar-refractivity contribution in [3.63, 3.8) is 0 Å². The molecule has 0 radical (unpaired) electrons. The Balaban J connectivity index is 2.34. The van der Waals surface area contributed by atoms with E-state index in [4.69, 9.17) is 11.0 Å². The van der Waals surface area contributed by atoms with Crippen molar-refractivity contribution in [3.05, 3.63) is 40.8 Å². The molecule has 0 fully saturated rings. The van der Waals surface area contributed by atoms with E-state index in [1.807, 2.05) is 13.0 Å². The number of nitrogens with one attached hydrogen (secondary N) is 1. The molecule has 98 valence electrons. The Labute approximate surface area is 115 Å². The van der Waals surface area contributed by atoms with Crippen LogP contribution in [0.1, 0.15) is 10.4 Å². The lowest BCUT2D eigenvalue weighted by Gasteiger charge is -2.09. The van der Waals surface area contributed by atoms with Gasteiger partial charge in [-0.25, -0.2) is 8.42 Å². The van der Waals surface area contributed by atoms with Crippen LogP contribution in [0.5, 0.6) is 0 Å². The predicted molar refractivity (Wildman–Crippen MR) is 75.4 cm³/mol. The first-order valence-corrected chi connectivity index (χ1v) is 7.61. The molecule has 0 saturated carbocycles. The van der Waals surface area contributed by atoms with E-state index in [9.17, 15) is 8.42 Å². The van der Waals surface area contributed by atoms with E-state index in [-0.39, 0.29) is 15.6 Å². The third-order valence-electron chi connectivity index (χ3n) is 2.41. The number of hydrogen-bond donors (Lipinski definition) is 2. The molecule has 2 aromatic rings. The van der Waals surface area contributed by atoms with Gasteiger partial charge in [0.05, 0.1) is 23.0 Å². The topological polar surface area (TPSA) is 96.0 Å². The van der Waals surface area contributed by atoms with Crippen LogP contribution in [0.15, 0.2) is 34.5 Å². The average Bonchev–Trinajstić information content (AvgIpc) is 2.79. The fourth-order valence-corrected chi connectivity index (χ4v) is 3.85. The van der Waals surface area contributed by atoms with E-state index in [0.717, 1.165) is 4.88 Å². The monoisotopic (exact) mass is 293 g/mol. The van der Waals surface area contributed by atoms with Crippen LogP contribution in [0, 0.1) is 18.3 Å². The number of benzene rings is 1. The molecule has 5 nitrogen and oxygen atoms in total. The Hall–Kier alpha value is -2.04. The molecular formula is C12H11N3O2S2. The Morgan fingerprint density at radius 3 is 2.58 bits per heavy atom. The first-order chi connectivity index (χ1) is 8.92. The number of aryl methyl sites for hydroxylation is 1. The van der Waals surface area contributed by atoms with Crippen molar-refractivity contribution in [2.75, 3.05) is 10.5 Å². The SMILES string of the molecule is Cc1ccc(S(=O)(=O)Nc2ccc(C#N)cc2N)s1. The molecular weight excluding hydrogens is 282 g/mol. The summed E-state index contributed by atoms with van der Waals surface area (Å²) >= 11 is 1.18. The second-order valence-electron chi connectivity index (χ2n) is 3.88. The maximum Gasteiger partial charge on any atom is 0.271 e. The van der Waals surface area contributed by atoms with Gasteiger partial charge in [0, 0.05) is 4.88 Å².